The Hall–Kier alpha value is -3.16. The van der Waals surface area contributed by atoms with E-state index < -0.39 is 0 Å². The van der Waals surface area contributed by atoms with Gasteiger partial charge in [-0.3, -0.25) is 0 Å². The number of piperidine rings is 1. The molecule has 0 unspecified atom stereocenters. The molecule has 1 aromatic carbocycles. The van der Waals surface area contributed by atoms with Crippen molar-refractivity contribution in [3.8, 4) is 0 Å². The van der Waals surface area contributed by atoms with E-state index in [2.05, 4.69) is 30.2 Å². The molecule has 0 bridgehead atoms. The number of aryl methyl sites for hydroxylation is 1. The Morgan fingerprint density at radius 2 is 1.89 bits per heavy atom. The molecule has 0 atom stereocenters. The molecule has 4 aromatic rings. The molecular formula is C19H18FN7. The number of fused-ring (bicyclic) bond motifs is 2. The van der Waals surface area contributed by atoms with Crippen LogP contribution in [0.15, 0.2) is 36.7 Å². The largest absolute Gasteiger partial charge is 0.356 e. The summed E-state index contributed by atoms with van der Waals surface area (Å²) in [5.74, 6) is 1.80. The van der Waals surface area contributed by atoms with E-state index in [0.717, 1.165) is 54.3 Å². The van der Waals surface area contributed by atoms with Crippen LogP contribution >= 0.6 is 0 Å². The fourth-order valence-electron chi connectivity index (χ4n) is 3.77. The number of halogens is 1. The Balaban J connectivity index is 1.41. The number of benzene rings is 1. The van der Waals surface area contributed by atoms with Crippen molar-refractivity contribution < 1.29 is 4.39 Å². The topological polar surface area (TPSA) is 72.1 Å². The highest BCUT2D eigenvalue weighted by Gasteiger charge is 2.26. The Morgan fingerprint density at radius 1 is 1.04 bits per heavy atom. The molecule has 8 heteroatoms. The number of anilines is 1. The second-order valence-corrected chi connectivity index (χ2v) is 6.92. The van der Waals surface area contributed by atoms with Crippen molar-refractivity contribution in [1.82, 2.24) is 29.8 Å². The zero-order chi connectivity index (χ0) is 18.4. The van der Waals surface area contributed by atoms with Crippen LogP contribution in [0.25, 0.3) is 16.6 Å². The molecule has 1 fully saturated rings. The summed E-state index contributed by atoms with van der Waals surface area (Å²) in [5.41, 5.74) is 2.35. The van der Waals surface area contributed by atoms with Crippen molar-refractivity contribution in [3.63, 3.8) is 0 Å². The summed E-state index contributed by atoms with van der Waals surface area (Å²) in [6.07, 6.45) is 3.37. The second kappa shape index (κ2) is 6.22. The lowest BCUT2D eigenvalue weighted by Crippen LogP contribution is -2.34. The molecule has 27 heavy (non-hydrogen) atoms. The molecule has 3 aromatic heterocycles. The van der Waals surface area contributed by atoms with Crippen LogP contribution in [-0.4, -0.2) is 42.9 Å². The first-order chi connectivity index (χ1) is 13.2. The zero-order valence-corrected chi connectivity index (χ0v) is 14.9. The van der Waals surface area contributed by atoms with Gasteiger partial charge in [0, 0.05) is 30.5 Å². The fraction of sp³-hybridized carbons (Fsp3) is 0.316. The molecule has 0 saturated carbocycles. The van der Waals surface area contributed by atoms with Crippen LogP contribution in [0.5, 0.6) is 0 Å². The van der Waals surface area contributed by atoms with E-state index >= 15 is 0 Å². The third kappa shape index (κ3) is 2.77. The minimum absolute atomic E-state index is 0.285. The average molecular weight is 363 g/mol. The molecule has 136 valence electrons. The molecule has 4 heterocycles. The van der Waals surface area contributed by atoms with E-state index in [0.29, 0.717) is 11.4 Å². The molecule has 0 spiro atoms. The van der Waals surface area contributed by atoms with Crippen LogP contribution in [0, 0.1) is 12.7 Å². The maximum atomic E-state index is 13.5. The van der Waals surface area contributed by atoms with E-state index in [1.54, 1.807) is 6.07 Å². The quantitative estimate of drug-likeness (QED) is 0.545. The van der Waals surface area contributed by atoms with Crippen LogP contribution in [0.1, 0.15) is 30.3 Å². The van der Waals surface area contributed by atoms with Gasteiger partial charge in [0.1, 0.15) is 18.0 Å². The summed E-state index contributed by atoms with van der Waals surface area (Å²) in [7, 11) is 0. The maximum Gasteiger partial charge on any atom is 0.177 e. The van der Waals surface area contributed by atoms with Gasteiger partial charge < -0.3 is 4.90 Å². The van der Waals surface area contributed by atoms with Crippen molar-refractivity contribution in [2.45, 2.75) is 25.7 Å². The average Bonchev–Trinajstić information content (AvgIpc) is 3.10. The smallest absolute Gasteiger partial charge is 0.177 e. The molecule has 0 radical (unpaired) electrons. The molecule has 0 amide bonds. The van der Waals surface area contributed by atoms with Gasteiger partial charge in [-0.2, -0.15) is 9.61 Å². The van der Waals surface area contributed by atoms with Gasteiger partial charge in [-0.05, 0) is 44.0 Å². The zero-order valence-electron chi connectivity index (χ0n) is 14.9. The Bertz CT molecular complexity index is 1130. The summed E-state index contributed by atoms with van der Waals surface area (Å²) in [5, 5.41) is 14.1. The van der Waals surface area contributed by atoms with Crippen LogP contribution in [0.2, 0.25) is 0 Å². The third-order valence-electron chi connectivity index (χ3n) is 5.16. The van der Waals surface area contributed by atoms with Crippen LogP contribution in [0.3, 0.4) is 0 Å². The number of nitrogens with zero attached hydrogens (tertiary/aromatic N) is 7. The predicted octanol–water partition coefficient (Wildman–Crippen LogP) is 2.90. The summed E-state index contributed by atoms with van der Waals surface area (Å²) in [6.45, 7) is 3.65. The van der Waals surface area contributed by atoms with E-state index in [1.165, 1.54) is 18.5 Å². The van der Waals surface area contributed by atoms with Gasteiger partial charge in [0.05, 0.1) is 11.2 Å². The maximum absolute atomic E-state index is 13.5. The lowest BCUT2D eigenvalue weighted by Gasteiger charge is -2.32. The van der Waals surface area contributed by atoms with Crippen LogP contribution in [-0.2, 0) is 0 Å². The monoisotopic (exact) mass is 363 g/mol. The predicted molar refractivity (Wildman–Crippen MR) is 99.2 cm³/mol. The minimum atomic E-state index is -0.285. The fourth-order valence-corrected chi connectivity index (χ4v) is 3.77. The summed E-state index contributed by atoms with van der Waals surface area (Å²) in [4.78, 5) is 10.9. The first-order valence-corrected chi connectivity index (χ1v) is 9.03. The van der Waals surface area contributed by atoms with E-state index in [9.17, 15) is 4.39 Å². The minimum Gasteiger partial charge on any atom is -0.356 e. The molecule has 0 N–H and O–H groups in total. The Labute approximate surface area is 154 Å². The van der Waals surface area contributed by atoms with E-state index in [-0.39, 0.29) is 5.82 Å². The van der Waals surface area contributed by atoms with Crippen molar-refractivity contribution in [1.29, 1.82) is 0 Å². The van der Waals surface area contributed by atoms with E-state index in [1.807, 2.05) is 23.6 Å². The van der Waals surface area contributed by atoms with Gasteiger partial charge in [0.2, 0.25) is 0 Å². The van der Waals surface area contributed by atoms with E-state index in [4.69, 9.17) is 0 Å². The van der Waals surface area contributed by atoms with Gasteiger partial charge in [-0.1, -0.05) is 0 Å². The first-order valence-electron chi connectivity index (χ1n) is 9.03. The van der Waals surface area contributed by atoms with Gasteiger partial charge in [-0.15, -0.1) is 10.2 Å². The van der Waals surface area contributed by atoms with Gasteiger partial charge in [0.15, 0.2) is 11.5 Å². The second-order valence-electron chi connectivity index (χ2n) is 6.92. The molecule has 1 saturated heterocycles. The van der Waals surface area contributed by atoms with Crippen LogP contribution in [0.4, 0.5) is 10.2 Å². The molecule has 1 aliphatic heterocycles. The van der Waals surface area contributed by atoms with Gasteiger partial charge in [-0.25, -0.2) is 14.4 Å². The summed E-state index contributed by atoms with van der Waals surface area (Å²) >= 11 is 0. The van der Waals surface area contributed by atoms with Crippen molar-refractivity contribution in [3.05, 3.63) is 54.0 Å². The van der Waals surface area contributed by atoms with Crippen LogP contribution < -0.4 is 4.90 Å². The van der Waals surface area contributed by atoms with Gasteiger partial charge >= 0.3 is 0 Å². The number of aromatic nitrogens is 6. The molecule has 0 aliphatic carbocycles. The lowest BCUT2D eigenvalue weighted by atomic mass is 9.96. The highest BCUT2D eigenvalue weighted by atomic mass is 19.1. The molecule has 5 rings (SSSR count). The SMILES string of the molecule is Cc1ccc2nnc(C3CCN(c4ncnc5cc(F)ccc45)CC3)n2n1. The third-order valence-corrected chi connectivity index (χ3v) is 5.16. The van der Waals surface area contributed by atoms with Gasteiger partial charge in [0.25, 0.3) is 0 Å². The number of hydrogen-bond donors (Lipinski definition) is 0. The Kier molecular flexibility index (Phi) is 3.70. The molecule has 1 aliphatic rings. The highest BCUT2D eigenvalue weighted by Crippen LogP contribution is 2.31. The number of rotatable bonds is 2. The summed E-state index contributed by atoms with van der Waals surface area (Å²) < 4.78 is 15.3. The van der Waals surface area contributed by atoms with Crippen molar-refractivity contribution in [2.75, 3.05) is 18.0 Å². The van der Waals surface area contributed by atoms with Crippen molar-refractivity contribution >= 4 is 22.4 Å². The van der Waals surface area contributed by atoms with Crippen molar-refractivity contribution in [2.24, 2.45) is 0 Å². The lowest BCUT2D eigenvalue weighted by molar-refractivity contribution is 0.475. The summed E-state index contributed by atoms with van der Waals surface area (Å²) in [6, 6.07) is 8.55. The first kappa shape index (κ1) is 16.0. The Morgan fingerprint density at radius 3 is 2.74 bits per heavy atom. The highest BCUT2D eigenvalue weighted by molar-refractivity contribution is 5.89. The normalized spacial score (nSPS) is 15.7. The molecular weight excluding hydrogens is 345 g/mol. The number of hydrogen-bond acceptors (Lipinski definition) is 6. The standard InChI is InChI=1S/C19H18FN7/c1-12-2-5-17-23-24-18(27(17)25-12)13-6-8-26(9-7-13)19-15-4-3-14(20)10-16(15)21-11-22-19/h2-5,10-11,13H,6-9H2,1H3. The molecule has 7 nitrogen and oxygen atoms in total.